The Bertz CT molecular complexity index is 551. The first-order valence-electron chi connectivity index (χ1n) is 8.29. The number of esters is 1. The lowest BCUT2D eigenvalue weighted by Gasteiger charge is -2.27. The molecule has 4 heteroatoms. The predicted molar refractivity (Wildman–Crippen MR) is 89.9 cm³/mol. The lowest BCUT2D eigenvalue weighted by Crippen LogP contribution is -2.36. The number of carbonyl (C=O) groups is 2. The highest BCUT2D eigenvalue weighted by Crippen LogP contribution is 2.18. The molecule has 23 heavy (non-hydrogen) atoms. The van der Waals surface area contributed by atoms with Gasteiger partial charge in [-0.15, -0.1) is 0 Å². The normalized spacial score (nSPS) is 14.6. The first kappa shape index (κ1) is 17.3. The molecule has 1 aliphatic heterocycles. The van der Waals surface area contributed by atoms with Crippen molar-refractivity contribution in [3.63, 3.8) is 0 Å². The highest BCUT2D eigenvalue weighted by Gasteiger charge is 2.21. The molecule has 0 radical (unpaired) electrons. The van der Waals surface area contributed by atoms with Crippen molar-refractivity contribution < 1.29 is 14.3 Å². The van der Waals surface area contributed by atoms with E-state index in [1.165, 1.54) is 12.7 Å². The number of hydrogen-bond acceptors (Lipinski definition) is 3. The third-order valence-corrected chi connectivity index (χ3v) is 4.14. The zero-order valence-corrected chi connectivity index (χ0v) is 13.8. The second-order valence-corrected chi connectivity index (χ2v) is 5.83. The van der Waals surface area contributed by atoms with Gasteiger partial charge in [-0.1, -0.05) is 36.4 Å². The van der Waals surface area contributed by atoms with Crippen LogP contribution in [0.5, 0.6) is 0 Å². The van der Waals surface area contributed by atoms with Gasteiger partial charge < -0.3 is 9.64 Å². The van der Waals surface area contributed by atoms with Crippen LogP contribution in [0, 0.1) is 0 Å². The van der Waals surface area contributed by atoms with Crippen LogP contribution in [-0.4, -0.2) is 37.0 Å². The van der Waals surface area contributed by atoms with E-state index in [1.54, 1.807) is 0 Å². The van der Waals surface area contributed by atoms with Crippen LogP contribution in [-0.2, 0) is 20.7 Å². The van der Waals surface area contributed by atoms with Crippen molar-refractivity contribution in [1.29, 1.82) is 0 Å². The molecule has 1 aromatic carbocycles. The number of aryl methyl sites for hydroxylation is 1. The first-order valence-corrected chi connectivity index (χ1v) is 8.29. The van der Waals surface area contributed by atoms with Crippen LogP contribution in [0.4, 0.5) is 0 Å². The van der Waals surface area contributed by atoms with E-state index in [2.05, 4.69) is 16.9 Å². The summed E-state index contributed by atoms with van der Waals surface area (Å²) in [6.45, 7) is 1.59. The van der Waals surface area contributed by atoms with Gasteiger partial charge in [-0.05, 0) is 37.7 Å². The fourth-order valence-corrected chi connectivity index (χ4v) is 2.85. The summed E-state index contributed by atoms with van der Waals surface area (Å²) in [6, 6.07) is 10.3. The SMILES string of the molecule is COC(=O)CCCC1=CCCN(CCCc2ccccc2)C1=O. The zero-order valence-electron chi connectivity index (χ0n) is 13.8. The van der Waals surface area contributed by atoms with Crippen LogP contribution < -0.4 is 0 Å². The molecule has 1 heterocycles. The molecule has 0 unspecified atom stereocenters. The summed E-state index contributed by atoms with van der Waals surface area (Å²) in [4.78, 5) is 25.5. The third kappa shape index (κ3) is 5.55. The smallest absolute Gasteiger partial charge is 0.305 e. The lowest BCUT2D eigenvalue weighted by molar-refractivity contribution is -0.140. The molecule has 1 aliphatic rings. The molecule has 0 saturated carbocycles. The van der Waals surface area contributed by atoms with E-state index >= 15 is 0 Å². The van der Waals surface area contributed by atoms with Crippen molar-refractivity contribution >= 4 is 11.9 Å². The lowest BCUT2D eigenvalue weighted by atomic mass is 10.0. The van der Waals surface area contributed by atoms with E-state index in [1.807, 2.05) is 29.2 Å². The van der Waals surface area contributed by atoms with Crippen molar-refractivity contribution in [2.45, 2.75) is 38.5 Å². The van der Waals surface area contributed by atoms with E-state index < -0.39 is 0 Å². The molecule has 0 spiro atoms. The fourth-order valence-electron chi connectivity index (χ4n) is 2.85. The number of benzene rings is 1. The Labute approximate surface area is 138 Å². The van der Waals surface area contributed by atoms with Crippen LogP contribution in [0.1, 0.15) is 37.7 Å². The number of nitrogens with zero attached hydrogens (tertiary/aromatic N) is 1. The van der Waals surface area contributed by atoms with Gasteiger partial charge in [0.2, 0.25) is 5.91 Å². The molecule has 1 amide bonds. The molecule has 1 aromatic rings. The average Bonchev–Trinajstić information content (AvgIpc) is 2.58. The van der Waals surface area contributed by atoms with Gasteiger partial charge in [-0.3, -0.25) is 9.59 Å². The van der Waals surface area contributed by atoms with Gasteiger partial charge in [-0.2, -0.15) is 0 Å². The summed E-state index contributed by atoms with van der Waals surface area (Å²) in [5.74, 6) is -0.0808. The Balaban J connectivity index is 1.75. The van der Waals surface area contributed by atoms with Gasteiger partial charge >= 0.3 is 5.97 Å². The molecule has 0 N–H and O–H groups in total. The minimum atomic E-state index is -0.214. The van der Waals surface area contributed by atoms with Crippen molar-refractivity contribution in [2.24, 2.45) is 0 Å². The number of rotatable bonds is 8. The van der Waals surface area contributed by atoms with Gasteiger partial charge in [0.05, 0.1) is 7.11 Å². The molecular weight excluding hydrogens is 290 g/mol. The molecule has 2 rings (SSSR count). The summed E-state index contributed by atoms with van der Waals surface area (Å²) in [5.41, 5.74) is 2.16. The predicted octanol–water partition coefficient (Wildman–Crippen LogP) is 3.12. The summed E-state index contributed by atoms with van der Waals surface area (Å²) >= 11 is 0. The molecule has 0 atom stereocenters. The van der Waals surface area contributed by atoms with E-state index in [0.717, 1.165) is 37.9 Å². The van der Waals surface area contributed by atoms with Gasteiger partial charge in [0.1, 0.15) is 0 Å². The summed E-state index contributed by atoms with van der Waals surface area (Å²) in [6.07, 6.45) is 6.59. The van der Waals surface area contributed by atoms with Gasteiger partial charge in [0.25, 0.3) is 0 Å². The Kier molecular flexibility index (Phi) is 6.85. The molecule has 0 aliphatic carbocycles. The van der Waals surface area contributed by atoms with Crippen LogP contribution >= 0.6 is 0 Å². The van der Waals surface area contributed by atoms with Crippen molar-refractivity contribution in [3.05, 3.63) is 47.5 Å². The largest absolute Gasteiger partial charge is 0.469 e. The Morgan fingerprint density at radius 3 is 2.70 bits per heavy atom. The minimum absolute atomic E-state index is 0.133. The maximum atomic E-state index is 12.5. The summed E-state index contributed by atoms with van der Waals surface area (Å²) in [7, 11) is 1.39. The van der Waals surface area contributed by atoms with Gasteiger partial charge in [0.15, 0.2) is 0 Å². The highest BCUT2D eigenvalue weighted by molar-refractivity contribution is 5.94. The number of hydrogen-bond donors (Lipinski definition) is 0. The molecule has 0 aromatic heterocycles. The zero-order chi connectivity index (χ0) is 16.5. The van der Waals surface area contributed by atoms with Crippen molar-refractivity contribution in [3.8, 4) is 0 Å². The highest BCUT2D eigenvalue weighted by atomic mass is 16.5. The van der Waals surface area contributed by atoms with E-state index in [-0.39, 0.29) is 11.9 Å². The minimum Gasteiger partial charge on any atom is -0.469 e. The van der Waals surface area contributed by atoms with Crippen LogP contribution in [0.15, 0.2) is 42.0 Å². The van der Waals surface area contributed by atoms with E-state index in [4.69, 9.17) is 0 Å². The average molecular weight is 315 g/mol. The van der Waals surface area contributed by atoms with Crippen molar-refractivity contribution in [2.75, 3.05) is 20.2 Å². The number of carbonyl (C=O) groups excluding carboxylic acids is 2. The molecule has 4 nitrogen and oxygen atoms in total. The Morgan fingerprint density at radius 2 is 1.96 bits per heavy atom. The summed E-state index contributed by atoms with van der Waals surface area (Å²) in [5, 5.41) is 0. The Morgan fingerprint density at radius 1 is 1.17 bits per heavy atom. The third-order valence-electron chi connectivity index (χ3n) is 4.14. The van der Waals surface area contributed by atoms with E-state index in [0.29, 0.717) is 19.3 Å². The summed E-state index contributed by atoms with van der Waals surface area (Å²) < 4.78 is 4.63. The monoisotopic (exact) mass is 315 g/mol. The van der Waals surface area contributed by atoms with Gasteiger partial charge in [-0.25, -0.2) is 0 Å². The Hall–Kier alpha value is -2.10. The maximum absolute atomic E-state index is 12.5. The molecular formula is C19H25NO3. The maximum Gasteiger partial charge on any atom is 0.305 e. The van der Waals surface area contributed by atoms with Crippen LogP contribution in [0.2, 0.25) is 0 Å². The van der Waals surface area contributed by atoms with Gasteiger partial charge in [0, 0.05) is 25.1 Å². The molecule has 0 bridgehead atoms. The second kappa shape index (κ2) is 9.13. The fraction of sp³-hybridized carbons (Fsp3) is 0.474. The number of methoxy groups -OCH3 is 1. The quantitative estimate of drug-likeness (QED) is 0.692. The van der Waals surface area contributed by atoms with Crippen LogP contribution in [0.25, 0.3) is 0 Å². The van der Waals surface area contributed by atoms with E-state index in [9.17, 15) is 9.59 Å². The molecule has 0 fully saturated rings. The number of ether oxygens (including phenoxy) is 1. The standard InChI is InChI=1S/C19H25NO3/c1-23-18(21)13-5-11-17-12-7-15-20(19(17)22)14-6-10-16-8-3-2-4-9-16/h2-4,8-9,12H,5-7,10-11,13-15H2,1H3. The number of amides is 1. The van der Waals surface area contributed by atoms with Crippen LogP contribution in [0.3, 0.4) is 0 Å². The first-order chi connectivity index (χ1) is 11.2. The van der Waals surface area contributed by atoms with Crippen molar-refractivity contribution in [1.82, 2.24) is 4.90 Å². The second-order valence-electron chi connectivity index (χ2n) is 5.83. The molecule has 124 valence electrons. The topological polar surface area (TPSA) is 46.6 Å². The molecule has 0 saturated heterocycles.